The summed E-state index contributed by atoms with van der Waals surface area (Å²) in [5.41, 5.74) is 0. The van der Waals surface area contributed by atoms with Gasteiger partial charge in [-0.1, -0.05) is 19.8 Å². The zero-order valence-electron chi connectivity index (χ0n) is 9.29. The largest absolute Gasteiger partial charge is 0.300 e. The number of hydrogen-bond donors (Lipinski definition) is 0. The van der Waals surface area contributed by atoms with Crippen LogP contribution in [0.25, 0.3) is 0 Å². The summed E-state index contributed by atoms with van der Waals surface area (Å²) in [5, 5.41) is 0. The Kier molecular flexibility index (Phi) is 3.71. The Morgan fingerprint density at radius 2 is 2.21 bits per heavy atom. The molecule has 78 valence electrons. The van der Waals surface area contributed by atoms with Crippen LogP contribution in [0.4, 0.5) is 0 Å². The molecule has 2 atom stereocenters. The molecule has 2 heteroatoms. The van der Waals surface area contributed by atoms with Crippen molar-refractivity contribution in [2.45, 2.75) is 45.7 Å². The first-order valence-electron chi connectivity index (χ1n) is 5.29. The number of terminal acetylenes is 1. The van der Waals surface area contributed by atoms with Gasteiger partial charge in [0.25, 0.3) is 0 Å². The molecule has 0 spiro atoms. The van der Waals surface area contributed by atoms with Crippen LogP contribution >= 0.6 is 0 Å². The molecule has 1 rings (SSSR count). The van der Waals surface area contributed by atoms with E-state index in [-0.39, 0.29) is 6.04 Å². The van der Waals surface area contributed by atoms with E-state index in [0.29, 0.717) is 30.6 Å². The second kappa shape index (κ2) is 4.61. The summed E-state index contributed by atoms with van der Waals surface area (Å²) in [6.07, 6.45) is 6.84. The molecule has 2 unspecified atom stereocenters. The molecule has 0 aliphatic carbocycles. The maximum Gasteiger partial charge on any atom is 0.135 e. The van der Waals surface area contributed by atoms with Crippen LogP contribution in [-0.4, -0.2) is 29.3 Å². The van der Waals surface area contributed by atoms with Gasteiger partial charge in [0.1, 0.15) is 5.78 Å². The molecule has 0 saturated carbocycles. The quantitative estimate of drug-likeness (QED) is 0.622. The molecule has 0 radical (unpaired) electrons. The normalized spacial score (nSPS) is 26.2. The molecule has 0 N–H and O–H groups in total. The fraction of sp³-hybridized carbons (Fsp3) is 0.750. The molecular weight excluding hydrogens is 174 g/mol. The Balaban J connectivity index is 2.68. The first-order valence-corrected chi connectivity index (χ1v) is 5.29. The van der Waals surface area contributed by atoms with Crippen molar-refractivity contribution >= 4 is 5.78 Å². The summed E-state index contributed by atoms with van der Waals surface area (Å²) < 4.78 is 0. The Labute approximate surface area is 86.7 Å². The molecule has 0 amide bonds. The Hall–Kier alpha value is -0.810. The molecule has 1 aliphatic rings. The molecular formula is C12H19NO. The van der Waals surface area contributed by atoms with Gasteiger partial charge in [0.05, 0.1) is 6.04 Å². The summed E-state index contributed by atoms with van der Waals surface area (Å²) in [5.74, 6) is 3.65. The lowest BCUT2D eigenvalue weighted by atomic mass is 9.95. The maximum absolute atomic E-state index is 11.2. The van der Waals surface area contributed by atoms with Crippen LogP contribution < -0.4 is 0 Å². The predicted molar refractivity (Wildman–Crippen MR) is 57.9 cm³/mol. The van der Waals surface area contributed by atoms with E-state index in [2.05, 4.69) is 31.6 Å². The molecule has 0 aromatic heterocycles. The second-order valence-corrected chi connectivity index (χ2v) is 4.44. The van der Waals surface area contributed by atoms with Gasteiger partial charge >= 0.3 is 0 Å². The lowest BCUT2D eigenvalue weighted by Gasteiger charge is -2.38. The third-order valence-electron chi connectivity index (χ3n) is 2.90. The van der Waals surface area contributed by atoms with Crippen molar-refractivity contribution in [2.75, 3.05) is 6.54 Å². The van der Waals surface area contributed by atoms with E-state index in [4.69, 9.17) is 6.42 Å². The van der Waals surface area contributed by atoms with Gasteiger partial charge in [-0.25, -0.2) is 0 Å². The van der Waals surface area contributed by atoms with Crippen LogP contribution in [0.3, 0.4) is 0 Å². The number of ketones is 1. The molecule has 14 heavy (non-hydrogen) atoms. The van der Waals surface area contributed by atoms with Gasteiger partial charge in [-0.05, 0) is 12.8 Å². The minimum Gasteiger partial charge on any atom is -0.300 e. The number of carbonyl (C=O) groups excluding carboxylic acids is 1. The Bertz CT molecular complexity index is 252. The maximum atomic E-state index is 11.2. The molecule has 1 fully saturated rings. The second-order valence-electron chi connectivity index (χ2n) is 4.44. The molecule has 0 aromatic carbocycles. The standard InChI is InChI=1S/C12H19NO/c1-5-12(9(2)3)13-7-6-11(14)8-10(13)4/h1,9-10,12H,6-8H2,2-4H3. The highest BCUT2D eigenvalue weighted by Gasteiger charge is 2.29. The molecule has 1 saturated heterocycles. The van der Waals surface area contributed by atoms with Crippen LogP contribution in [0.5, 0.6) is 0 Å². The summed E-state index contributed by atoms with van der Waals surface area (Å²) in [6, 6.07) is 0.484. The summed E-state index contributed by atoms with van der Waals surface area (Å²) in [4.78, 5) is 13.5. The SMILES string of the molecule is C#CC(C(C)C)N1CCC(=O)CC1C. The minimum atomic E-state index is 0.179. The van der Waals surface area contributed by atoms with Crippen molar-refractivity contribution in [3.05, 3.63) is 0 Å². The number of carbonyl (C=O) groups is 1. The van der Waals surface area contributed by atoms with Crippen LogP contribution in [0.15, 0.2) is 0 Å². The van der Waals surface area contributed by atoms with Gasteiger partial charge in [-0.15, -0.1) is 6.42 Å². The zero-order chi connectivity index (χ0) is 10.7. The fourth-order valence-electron chi connectivity index (χ4n) is 2.11. The topological polar surface area (TPSA) is 20.3 Å². The van der Waals surface area contributed by atoms with Crippen molar-refractivity contribution < 1.29 is 4.79 Å². The van der Waals surface area contributed by atoms with Gasteiger partial charge in [0.2, 0.25) is 0 Å². The van der Waals surface area contributed by atoms with Crippen LogP contribution in [0, 0.1) is 18.3 Å². The highest BCUT2D eigenvalue weighted by Crippen LogP contribution is 2.20. The van der Waals surface area contributed by atoms with Gasteiger partial charge < -0.3 is 0 Å². The molecule has 2 nitrogen and oxygen atoms in total. The molecule has 1 heterocycles. The van der Waals surface area contributed by atoms with Gasteiger partial charge in [-0.3, -0.25) is 9.69 Å². The lowest BCUT2D eigenvalue weighted by molar-refractivity contribution is -0.123. The van der Waals surface area contributed by atoms with Crippen LogP contribution in [-0.2, 0) is 4.79 Å². The minimum absolute atomic E-state index is 0.179. The number of hydrogen-bond acceptors (Lipinski definition) is 2. The average Bonchev–Trinajstić information content (AvgIpc) is 2.09. The van der Waals surface area contributed by atoms with E-state index in [9.17, 15) is 4.79 Å². The molecule has 1 aliphatic heterocycles. The third kappa shape index (κ3) is 2.36. The number of piperidine rings is 1. The summed E-state index contributed by atoms with van der Waals surface area (Å²) in [6.45, 7) is 7.18. The summed E-state index contributed by atoms with van der Waals surface area (Å²) >= 11 is 0. The summed E-state index contributed by atoms with van der Waals surface area (Å²) in [7, 11) is 0. The first-order chi connectivity index (χ1) is 6.56. The number of Topliss-reactive ketones (excluding diaryl/α,β-unsaturated/α-hetero) is 1. The van der Waals surface area contributed by atoms with Crippen molar-refractivity contribution in [2.24, 2.45) is 5.92 Å². The average molecular weight is 193 g/mol. The van der Waals surface area contributed by atoms with Gasteiger partial charge in [0.15, 0.2) is 0 Å². The molecule has 0 aromatic rings. The van der Waals surface area contributed by atoms with Crippen molar-refractivity contribution in [1.29, 1.82) is 0 Å². The fourth-order valence-corrected chi connectivity index (χ4v) is 2.11. The van der Waals surface area contributed by atoms with E-state index in [1.165, 1.54) is 0 Å². The highest BCUT2D eigenvalue weighted by molar-refractivity contribution is 5.79. The van der Waals surface area contributed by atoms with E-state index in [1.807, 2.05) is 0 Å². The predicted octanol–water partition coefficient (Wildman–Crippen LogP) is 1.70. The van der Waals surface area contributed by atoms with E-state index >= 15 is 0 Å². The third-order valence-corrected chi connectivity index (χ3v) is 2.90. The highest BCUT2D eigenvalue weighted by atomic mass is 16.1. The van der Waals surface area contributed by atoms with E-state index < -0.39 is 0 Å². The monoisotopic (exact) mass is 193 g/mol. The van der Waals surface area contributed by atoms with E-state index in [1.54, 1.807) is 0 Å². The first kappa shape index (κ1) is 11.3. The van der Waals surface area contributed by atoms with Crippen molar-refractivity contribution in [1.82, 2.24) is 4.90 Å². The Morgan fingerprint density at radius 1 is 1.57 bits per heavy atom. The van der Waals surface area contributed by atoms with Crippen molar-refractivity contribution in [3.63, 3.8) is 0 Å². The number of nitrogens with zero attached hydrogens (tertiary/aromatic N) is 1. The Morgan fingerprint density at radius 3 is 2.64 bits per heavy atom. The number of rotatable bonds is 2. The van der Waals surface area contributed by atoms with Gasteiger partial charge in [-0.2, -0.15) is 0 Å². The number of likely N-dealkylation sites (tertiary alicyclic amines) is 1. The van der Waals surface area contributed by atoms with Crippen molar-refractivity contribution in [3.8, 4) is 12.3 Å². The lowest BCUT2D eigenvalue weighted by Crippen LogP contribution is -2.48. The van der Waals surface area contributed by atoms with Gasteiger partial charge in [0, 0.05) is 25.4 Å². The zero-order valence-corrected chi connectivity index (χ0v) is 9.29. The molecule has 0 bridgehead atoms. The van der Waals surface area contributed by atoms with E-state index in [0.717, 1.165) is 6.54 Å². The van der Waals surface area contributed by atoms with Crippen LogP contribution in [0.2, 0.25) is 0 Å². The smallest absolute Gasteiger partial charge is 0.135 e. The van der Waals surface area contributed by atoms with Crippen LogP contribution in [0.1, 0.15) is 33.6 Å².